The van der Waals surface area contributed by atoms with Crippen LogP contribution in [0.25, 0.3) is 0 Å². The van der Waals surface area contributed by atoms with Crippen molar-refractivity contribution in [1.29, 1.82) is 5.26 Å². The number of nitrogens with zero attached hydrogens (tertiary/aromatic N) is 1. The third-order valence-corrected chi connectivity index (χ3v) is 0.718. The average Bonchev–Trinajstić information content (AvgIpc) is 2.14. The van der Waals surface area contributed by atoms with Crippen LogP contribution in [-0.2, 0) is 0 Å². The van der Waals surface area contributed by atoms with Gasteiger partial charge in [-0.25, -0.2) is 0 Å². The monoisotopic (exact) mass is 274 g/mol. The summed E-state index contributed by atoms with van der Waals surface area (Å²) >= 11 is 0. The zero-order chi connectivity index (χ0) is 5.11. The van der Waals surface area contributed by atoms with Gasteiger partial charge in [0.2, 0.25) is 0 Å². The van der Waals surface area contributed by atoms with Crippen LogP contribution in [0.3, 0.4) is 0 Å². The second-order valence-electron chi connectivity index (χ2n) is 1.20. The number of aromatic nitrogens is 1. The molecule has 0 fully saturated rings. The van der Waals surface area contributed by atoms with E-state index in [1.165, 1.54) is 0 Å². The Morgan fingerprint density at radius 3 is 2.20 bits per heavy atom. The van der Waals surface area contributed by atoms with Crippen LogP contribution in [0.15, 0.2) is 18.3 Å². The number of hydrogen-bond donors (Lipinski definition) is 1. The molecule has 0 atom stereocenters. The number of hydrogen-bond acceptors (Lipinski definition) is 1. The summed E-state index contributed by atoms with van der Waals surface area (Å²) in [4.78, 5) is 2.73. The van der Waals surface area contributed by atoms with Crippen molar-refractivity contribution < 1.29 is 34.0 Å². The summed E-state index contributed by atoms with van der Waals surface area (Å²) in [5, 5.41) is 8.15. The molecule has 1 aromatic rings. The molecule has 0 saturated heterocycles. The molecule has 10 heavy (non-hydrogen) atoms. The minimum absolute atomic E-state index is 0. The minimum atomic E-state index is 0. The molecule has 1 aromatic heterocycles. The van der Waals surface area contributed by atoms with Crippen molar-refractivity contribution in [2.24, 2.45) is 0 Å². The predicted molar refractivity (Wildman–Crippen MR) is 31.3 cm³/mol. The van der Waals surface area contributed by atoms with Gasteiger partial charge in [-0.3, -0.25) is 0 Å². The van der Waals surface area contributed by atoms with Crippen LogP contribution in [-0.4, -0.2) is 28.0 Å². The van der Waals surface area contributed by atoms with Crippen molar-refractivity contribution in [3.8, 4) is 6.07 Å². The summed E-state index contributed by atoms with van der Waals surface area (Å²) in [6.45, 7) is 0. The van der Waals surface area contributed by atoms with Gasteiger partial charge in [0.25, 0.3) is 0 Å². The fourth-order valence-corrected chi connectivity index (χ4v) is 0.400. The van der Waals surface area contributed by atoms with Gasteiger partial charge in [0.1, 0.15) is 11.8 Å². The molecule has 2 nitrogen and oxygen atoms in total. The van der Waals surface area contributed by atoms with E-state index >= 15 is 0 Å². The third kappa shape index (κ3) is 5.29. The first kappa shape index (κ1) is 16.8. The van der Waals surface area contributed by atoms with Crippen molar-refractivity contribution in [2.75, 3.05) is 0 Å². The van der Waals surface area contributed by atoms with Crippen molar-refractivity contribution in [1.82, 2.24) is 4.98 Å². The summed E-state index contributed by atoms with van der Waals surface area (Å²) in [7, 11) is 0. The molecule has 0 aliphatic carbocycles. The largest absolute Gasteiger partial charge is 2.00 e. The van der Waals surface area contributed by atoms with Gasteiger partial charge in [-0.1, -0.05) is 0 Å². The number of nitriles is 1. The number of halogens is 2. The Morgan fingerprint density at radius 1 is 1.40 bits per heavy atom. The molecule has 0 aliphatic heterocycles. The first-order valence-corrected chi connectivity index (χ1v) is 1.97. The smallest absolute Gasteiger partial charge is 1.00 e. The van der Waals surface area contributed by atoms with Crippen molar-refractivity contribution >= 4 is 23.1 Å². The van der Waals surface area contributed by atoms with Crippen LogP contribution in [0, 0.1) is 11.3 Å². The van der Waals surface area contributed by atoms with E-state index in [4.69, 9.17) is 5.26 Å². The molecule has 0 unspecified atom stereocenters. The molecule has 0 bridgehead atoms. The predicted octanol–water partition coefficient (Wildman–Crippen LogP) is -5.49. The standard InChI is InChI=1S/C5H4N2.2BrH.Mg/c6-4-5-2-1-3-7-5;;;/h1-3,7H;2*1H;/q;;;+2/p-2. The Kier molecular flexibility index (Phi) is 16.0. The number of rotatable bonds is 0. The zero-order valence-electron chi connectivity index (χ0n) is 5.14. The molecule has 1 N–H and O–H groups in total. The van der Waals surface area contributed by atoms with Crippen LogP contribution >= 0.6 is 0 Å². The Bertz CT molecular complexity index is 180. The molecule has 0 amide bonds. The molecule has 0 aliphatic rings. The summed E-state index contributed by atoms with van der Waals surface area (Å²) in [5.41, 5.74) is 0.611. The molecular weight excluding hydrogens is 272 g/mol. The van der Waals surface area contributed by atoms with E-state index in [0.717, 1.165) is 0 Å². The van der Waals surface area contributed by atoms with Crippen molar-refractivity contribution in [2.45, 2.75) is 0 Å². The van der Waals surface area contributed by atoms with Gasteiger partial charge in [-0.15, -0.1) is 0 Å². The first-order valence-electron chi connectivity index (χ1n) is 1.97. The molecule has 0 radical (unpaired) electrons. The van der Waals surface area contributed by atoms with E-state index in [0.29, 0.717) is 5.69 Å². The van der Waals surface area contributed by atoms with Gasteiger partial charge in [-0.2, -0.15) is 5.26 Å². The summed E-state index contributed by atoms with van der Waals surface area (Å²) in [6.07, 6.45) is 1.72. The molecule has 0 aromatic carbocycles. The molecule has 5 heteroatoms. The Balaban J connectivity index is -0.000000163. The van der Waals surface area contributed by atoms with Gasteiger partial charge in [0.15, 0.2) is 0 Å². The van der Waals surface area contributed by atoms with Crippen molar-refractivity contribution in [3.05, 3.63) is 24.0 Å². The van der Waals surface area contributed by atoms with Gasteiger partial charge < -0.3 is 38.9 Å². The maximum Gasteiger partial charge on any atom is 2.00 e. The Hall–Kier alpha value is 0.496. The maximum absolute atomic E-state index is 8.15. The first-order chi connectivity index (χ1) is 3.43. The van der Waals surface area contributed by atoms with Crippen molar-refractivity contribution in [3.63, 3.8) is 0 Å². The number of nitrogens with one attached hydrogen (secondary N) is 1. The maximum atomic E-state index is 8.15. The second kappa shape index (κ2) is 9.50. The third-order valence-electron chi connectivity index (χ3n) is 0.718. The van der Waals surface area contributed by atoms with Gasteiger partial charge in [-0.05, 0) is 12.1 Å². The SMILES string of the molecule is N#Cc1ccc[nH]1.[Br-].[Br-].[Mg+2]. The van der Waals surface area contributed by atoms with E-state index in [-0.39, 0.29) is 57.0 Å². The van der Waals surface area contributed by atoms with Gasteiger partial charge in [0, 0.05) is 6.20 Å². The topological polar surface area (TPSA) is 39.6 Å². The summed E-state index contributed by atoms with van der Waals surface area (Å²) in [6, 6.07) is 5.46. The van der Waals surface area contributed by atoms with E-state index in [1.807, 2.05) is 6.07 Å². The van der Waals surface area contributed by atoms with Gasteiger partial charge in [0.05, 0.1) is 0 Å². The molecule has 0 saturated carbocycles. The second-order valence-corrected chi connectivity index (χ2v) is 1.20. The molecular formula is C5H4Br2MgN2. The number of H-pyrrole nitrogens is 1. The average molecular weight is 276 g/mol. The van der Waals surface area contributed by atoms with Crippen LogP contribution in [0.5, 0.6) is 0 Å². The Morgan fingerprint density at radius 2 is 2.00 bits per heavy atom. The van der Waals surface area contributed by atoms with Crippen LogP contribution in [0.4, 0.5) is 0 Å². The van der Waals surface area contributed by atoms with E-state index in [1.54, 1.807) is 18.3 Å². The van der Waals surface area contributed by atoms with Crippen LogP contribution in [0.2, 0.25) is 0 Å². The van der Waals surface area contributed by atoms with E-state index in [2.05, 4.69) is 4.98 Å². The normalized spacial score (nSPS) is 5.50. The quantitative estimate of drug-likeness (QED) is 0.472. The van der Waals surface area contributed by atoms with Crippen LogP contribution in [0.1, 0.15) is 5.69 Å². The van der Waals surface area contributed by atoms with E-state index in [9.17, 15) is 0 Å². The number of aromatic amines is 1. The minimum Gasteiger partial charge on any atom is -1.00 e. The summed E-state index contributed by atoms with van der Waals surface area (Å²) < 4.78 is 0. The molecule has 0 spiro atoms. The van der Waals surface area contributed by atoms with E-state index < -0.39 is 0 Å². The zero-order valence-corrected chi connectivity index (χ0v) is 9.73. The molecule has 1 heterocycles. The summed E-state index contributed by atoms with van der Waals surface area (Å²) in [5.74, 6) is 0. The van der Waals surface area contributed by atoms with Gasteiger partial charge >= 0.3 is 23.1 Å². The Labute approximate surface area is 96.7 Å². The van der Waals surface area contributed by atoms with Crippen LogP contribution < -0.4 is 34.0 Å². The molecule has 1 rings (SSSR count). The fourth-order valence-electron chi connectivity index (χ4n) is 0.400. The molecule has 50 valence electrons. The fraction of sp³-hybridized carbons (Fsp3) is 0.